The molecule has 2 rings (SSSR count). The van der Waals surface area contributed by atoms with Crippen LogP contribution in [0.3, 0.4) is 0 Å². The second-order valence-corrected chi connectivity index (χ2v) is 4.16. The first-order valence-corrected chi connectivity index (χ1v) is 5.88. The lowest BCUT2D eigenvalue weighted by Gasteiger charge is -2.13. The summed E-state index contributed by atoms with van der Waals surface area (Å²) < 4.78 is 19.1. The summed E-state index contributed by atoms with van der Waals surface area (Å²) in [5.41, 5.74) is -0.0459. The average molecular weight is 277 g/mol. The van der Waals surface area contributed by atoms with Crippen LogP contribution in [-0.2, 0) is 0 Å². The molecular formula is C14H12FNO4. The van der Waals surface area contributed by atoms with Crippen LogP contribution in [0, 0.1) is 15.9 Å². The molecular weight excluding hydrogens is 265 g/mol. The Morgan fingerprint density at radius 2 is 1.95 bits per heavy atom. The Morgan fingerprint density at radius 1 is 1.25 bits per heavy atom. The molecule has 104 valence electrons. The number of ether oxygens (including phenoxy) is 1. The molecule has 0 aliphatic rings. The van der Waals surface area contributed by atoms with Crippen LogP contribution in [-0.4, -0.2) is 10.0 Å². The molecule has 1 N–H and O–H groups in total. The summed E-state index contributed by atoms with van der Waals surface area (Å²) in [5.74, 6) is -1.12. The van der Waals surface area contributed by atoms with Gasteiger partial charge in [-0.15, -0.1) is 0 Å². The van der Waals surface area contributed by atoms with Gasteiger partial charge >= 0.3 is 5.69 Å². The molecule has 0 aromatic heterocycles. The Labute approximate surface area is 114 Å². The number of nitrogens with zero attached hydrogens (tertiary/aromatic N) is 1. The zero-order valence-corrected chi connectivity index (χ0v) is 10.6. The van der Waals surface area contributed by atoms with E-state index in [0.29, 0.717) is 5.56 Å². The molecule has 0 amide bonds. The van der Waals surface area contributed by atoms with Crippen molar-refractivity contribution in [3.8, 4) is 11.5 Å². The van der Waals surface area contributed by atoms with Gasteiger partial charge < -0.3 is 9.84 Å². The largest absolute Gasteiger partial charge is 0.447 e. The minimum atomic E-state index is -0.836. The number of para-hydroxylation sites is 2. The molecule has 0 saturated carbocycles. The van der Waals surface area contributed by atoms with Gasteiger partial charge in [0.25, 0.3) is 0 Å². The zero-order chi connectivity index (χ0) is 14.7. The zero-order valence-electron chi connectivity index (χ0n) is 10.6. The second kappa shape index (κ2) is 5.66. The van der Waals surface area contributed by atoms with Gasteiger partial charge in [-0.05, 0) is 19.1 Å². The predicted octanol–water partition coefficient (Wildman–Crippen LogP) is 3.58. The summed E-state index contributed by atoms with van der Waals surface area (Å²) in [4.78, 5) is 10.2. The highest BCUT2D eigenvalue weighted by Gasteiger charge is 2.21. The molecule has 0 aliphatic carbocycles. The standard InChI is InChI=1S/C14H12FNO4/c1-9(17)10-5-2-3-8-13(10)20-14-11(15)6-4-7-12(14)16(18)19/h2-9,17H,1H3/t9-/m1/s1. The van der Waals surface area contributed by atoms with E-state index in [1.165, 1.54) is 19.1 Å². The van der Waals surface area contributed by atoms with Crippen LogP contribution in [0.1, 0.15) is 18.6 Å². The number of halogens is 1. The molecule has 2 aromatic rings. The van der Waals surface area contributed by atoms with Crippen molar-refractivity contribution in [1.82, 2.24) is 0 Å². The summed E-state index contributed by atoms with van der Waals surface area (Å²) in [7, 11) is 0. The Balaban J connectivity index is 2.48. The molecule has 0 fully saturated rings. The van der Waals surface area contributed by atoms with Gasteiger partial charge in [-0.3, -0.25) is 10.1 Å². The van der Waals surface area contributed by atoms with Crippen molar-refractivity contribution in [1.29, 1.82) is 0 Å². The van der Waals surface area contributed by atoms with Crippen LogP contribution in [0.2, 0.25) is 0 Å². The van der Waals surface area contributed by atoms with Crippen molar-refractivity contribution in [2.45, 2.75) is 13.0 Å². The molecule has 2 aromatic carbocycles. The lowest BCUT2D eigenvalue weighted by atomic mass is 10.1. The fourth-order valence-electron chi connectivity index (χ4n) is 1.77. The van der Waals surface area contributed by atoms with Crippen molar-refractivity contribution in [3.63, 3.8) is 0 Å². The summed E-state index contributed by atoms with van der Waals surface area (Å²) in [6.07, 6.45) is -0.836. The minimum Gasteiger partial charge on any atom is -0.447 e. The van der Waals surface area contributed by atoms with Gasteiger partial charge in [0.1, 0.15) is 5.75 Å². The smallest absolute Gasteiger partial charge is 0.314 e. The van der Waals surface area contributed by atoms with Gasteiger partial charge in [-0.1, -0.05) is 24.3 Å². The highest BCUT2D eigenvalue weighted by molar-refractivity contribution is 5.50. The molecule has 5 nitrogen and oxygen atoms in total. The maximum absolute atomic E-state index is 13.7. The summed E-state index contributed by atoms with van der Waals surface area (Å²) in [6, 6.07) is 9.90. The van der Waals surface area contributed by atoms with E-state index in [1.807, 2.05) is 0 Å². The molecule has 6 heteroatoms. The number of benzene rings is 2. The number of hydrogen-bond donors (Lipinski definition) is 1. The van der Waals surface area contributed by atoms with Crippen molar-refractivity contribution in [2.24, 2.45) is 0 Å². The number of nitro groups is 1. The number of hydrogen-bond acceptors (Lipinski definition) is 4. The molecule has 0 unspecified atom stereocenters. The van der Waals surface area contributed by atoms with Crippen LogP contribution in [0.5, 0.6) is 11.5 Å². The highest BCUT2D eigenvalue weighted by atomic mass is 19.1. The summed E-state index contributed by atoms with van der Waals surface area (Å²) in [6.45, 7) is 1.53. The Hall–Kier alpha value is -2.47. The minimum absolute atomic E-state index is 0.177. The topological polar surface area (TPSA) is 72.6 Å². The summed E-state index contributed by atoms with van der Waals surface area (Å²) in [5, 5.41) is 20.5. The maximum atomic E-state index is 13.7. The first-order valence-electron chi connectivity index (χ1n) is 5.88. The monoisotopic (exact) mass is 277 g/mol. The van der Waals surface area contributed by atoms with Crippen molar-refractivity contribution in [2.75, 3.05) is 0 Å². The lowest BCUT2D eigenvalue weighted by molar-refractivity contribution is -0.385. The maximum Gasteiger partial charge on any atom is 0.314 e. The van der Waals surface area contributed by atoms with Crippen LogP contribution >= 0.6 is 0 Å². The van der Waals surface area contributed by atoms with Crippen LogP contribution in [0.15, 0.2) is 42.5 Å². The van der Waals surface area contributed by atoms with E-state index in [0.717, 1.165) is 12.1 Å². The van der Waals surface area contributed by atoms with Gasteiger partial charge in [0.05, 0.1) is 11.0 Å². The Kier molecular flexibility index (Phi) is 3.95. The molecule has 0 radical (unpaired) electrons. The van der Waals surface area contributed by atoms with Gasteiger partial charge in [-0.2, -0.15) is 0 Å². The second-order valence-electron chi connectivity index (χ2n) is 4.16. The number of aliphatic hydroxyl groups is 1. The lowest BCUT2D eigenvalue weighted by Crippen LogP contribution is -1.99. The molecule has 20 heavy (non-hydrogen) atoms. The molecule has 0 heterocycles. The number of aliphatic hydroxyl groups excluding tert-OH is 1. The molecule has 0 saturated heterocycles. The first-order chi connectivity index (χ1) is 9.50. The third-order valence-corrected chi connectivity index (χ3v) is 2.72. The van der Waals surface area contributed by atoms with Crippen LogP contribution in [0.4, 0.5) is 10.1 Å². The van der Waals surface area contributed by atoms with Crippen LogP contribution < -0.4 is 4.74 Å². The van der Waals surface area contributed by atoms with Gasteiger partial charge in [0.15, 0.2) is 5.82 Å². The molecule has 1 atom stereocenters. The number of rotatable bonds is 4. The van der Waals surface area contributed by atoms with Gasteiger partial charge in [-0.25, -0.2) is 4.39 Å². The first kappa shape index (κ1) is 14.0. The van der Waals surface area contributed by atoms with E-state index >= 15 is 0 Å². The van der Waals surface area contributed by atoms with E-state index in [2.05, 4.69) is 0 Å². The van der Waals surface area contributed by atoms with Gasteiger partial charge in [0, 0.05) is 11.6 Å². The predicted molar refractivity (Wildman–Crippen MR) is 70.2 cm³/mol. The fourth-order valence-corrected chi connectivity index (χ4v) is 1.77. The van der Waals surface area contributed by atoms with E-state index < -0.39 is 28.3 Å². The third kappa shape index (κ3) is 2.75. The normalized spacial score (nSPS) is 11.9. The Morgan fingerprint density at radius 3 is 2.60 bits per heavy atom. The van der Waals surface area contributed by atoms with Crippen molar-refractivity contribution in [3.05, 3.63) is 64.0 Å². The van der Waals surface area contributed by atoms with Gasteiger partial charge in [0.2, 0.25) is 5.75 Å². The summed E-state index contributed by atoms with van der Waals surface area (Å²) >= 11 is 0. The van der Waals surface area contributed by atoms with Crippen molar-refractivity contribution >= 4 is 5.69 Å². The van der Waals surface area contributed by atoms with E-state index in [9.17, 15) is 19.6 Å². The fraction of sp³-hybridized carbons (Fsp3) is 0.143. The molecule has 0 aliphatic heterocycles. The third-order valence-electron chi connectivity index (χ3n) is 2.72. The van der Waals surface area contributed by atoms with E-state index in [4.69, 9.17) is 4.74 Å². The van der Waals surface area contributed by atoms with E-state index in [-0.39, 0.29) is 5.75 Å². The van der Waals surface area contributed by atoms with Crippen molar-refractivity contribution < 1.29 is 19.2 Å². The molecule has 0 bridgehead atoms. The highest BCUT2D eigenvalue weighted by Crippen LogP contribution is 2.36. The quantitative estimate of drug-likeness (QED) is 0.684. The van der Waals surface area contributed by atoms with E-state index in [1.54, 1.807) is 18.2 Å². The SMILES string of the molecule is C[C@@H](O)c1ccccc1Oc1c(F)cccc1[N+](=O)[O-]. The number of nitro benzene ring substituents is 1. The Bertz CT molecular complexity index is 643. The van der Waals surface area contributed by atoms with Crippen LogP contribution in [0.25, 0.3) is 0 Å². The average Bonchev–Trinajstić information content (AvgIpc) is 2.41. The molecule has 0 spiro atoms.